The van der Waals surface area contributed by atoms with Gasteiger partial charge in [-0.3, -0.25) is 4.98 Å². The molecule has 1 saturated carbocycles. The predicted octanol–water partition coefficient (Wildman–Crippen LogP) is 3.09. The smallest absolute Gasteiger partial charge is 0.248 e. The van der Waals surface area contributed by atoms with Gasteiger partial charge in [0.15, 0.2) is 0 Å². The van der Waals surface area contributed by atoms with Gasteiger partial charge >= 0.3 is 0 Å². The number of aryl methyl sites for hydroxylation is 1. The second kappa shape index (κ2) is 4.69. The summed E-state index contributed by atoms with van der Waals surface area (Å²) in [6.07, 6.45) is 4.11. The van der Waals surface area contributed by atoms with E-state index in [2.05, 4.69) is 10.3 Å². The van der Waals surface area contributed by atoms with Gasteiger partial charge in [0.25, 0.3) is 0 Å². The lowest BCUT2D eigenvalue weighted by molar-refractivity contribution is 0.00339. The zero-order valence-electron chi connectivity index (χ0n) is 10.2. The maximum Gasteiger partial charge on any atom is 0.248 e. The summed E-state index contributed by atoms with van der Waals surface area (Å²) in [6.45, 7) is 1.96. The third-order valence-electron chi connectivity index (χ3n) is 3.48. The summed E-state index contributed by atoms with van der Waals surface area (Å²) < 4.78 is 26.5. The van der Waals surface area contributed by atoms with Crippen molar-refractivity contribution >= 4 is 0 Å². The molecular formula is C13H18F2N2. The number of nitrogens with zero attached hydrogens (tertiary/aromatic N) is 1. The normalized spacial score (nSPS) is 24.8. The van der Waals surface area contributed by atoms with Gasteiger partial charge in [-0.1, -0.05) is 6.07 Å². The van der Waals surface area contributed by atoms with Crippen molar-refractivity contribution in [2.24, 2.45) is 5.92 Å². The average Bonchev–Trinajstić information content (AvgIpc) is 2.60. The molecule has 0 saturated heterocycles. The molecule has 1 fully saturated rings. The number of aromatic nitrogens is 1. The highest BCUT2D eigenvalue weighted by molar-refractivity contribution is 5.21. The van der Waals surface area contributed by atoms with Gasteiger partial charge in [-0.25, -0.2) is 8.78 Å². The molecule has 0 radical (unpaired) electrons. The molecule has 1 aliphatic rings. The fourth-order valence-corrected chi connectivity index (χ4v) is 2.69. The van der Waals surface area contributed by atoms with Crippen LogP contribution in [0.3, 0.4) is 0 Å². The van der Waals surface area contributed by atoms with E-state index in [1.807, 2.05) is 20.0 Å². The maximum absolute atomic E-state index is 13.2. The first-order valence-corrected chi connectivity index (χ1v) is 5.98. The van der Waals surface area contributed by atoms with Crippen LogP contribution >= 0.6 is 0 Å². The van der Waals surface area contributed by atoms with E-state index in [0.29, 0.717) is 6.42 Å². The van der Waals surface area contributed by atoms with Crippen molar-refractivity contribution in [2.75, 3.05) is 7.05 Å². The third-order valence-corrected chi connectivity index (χ3v) is 3.48. The lowest BCUT2D eigenvalue weighted by atomic mass is 9.92. The van der Waals surface area contributed by atoms with Crippen LogP contribution in [0.1, 0.15) is 36.4 Å². The molecule has 1 aliphatic carbocycles. The van der Waals surface area contributed by atoms with E-state index in [-0.39, 0.29) is 24.8 Å². The Balaban J connectivity index is 2.17. The molecule has 0 amide bonds. The Labute approximate surface area is 100 Å². The molecule has 4 heteroatoms. The predicted molar refractivity (Wildman–Crippen MR) is 63.1 cm³/mol. The number of rotatable bonds is 3. The van der Waals surface area contributed by atoms with Gasteiger partial charge < -0.3 is 5.32 Å². The lowest BCUT2D eigenvalue weighted by Crippen LogP contribution is -2.25. The molecule has 1 heterocycles. The molecule has 0 spiro atoms. The fourth-order valence-electron chi connectivity index (χ4n) is 2.69. The van der Waals surface area contributed by atoms with Crippen LogP contribution in [-0.4, -0.2) is 18.0 Å². The topological polar surface area (TPSA) is 24.9 Å². The number of pyridine rings is 1. The summed E-state index contributed by atoms with van der Waals surface area (Å²) in [7, 11) is 1.82. The Morgan fingerprint density at radius 1 is 1.47 bits per heavy atom. The standard InChI is InChI=1S/C13H18F2N2/c1-9-5-11(8-17-7-9)12(16-2)10-3-4-13(14,15)6-10/h5,7-8,10,12,16H,3-4,6H2,1-2H3. The second-order valence-electron chi connectivity index (χ2n) is 4.92. The quantitative estimate of drug-likeness (QED) is 0.878. The van der Waals surface area contributed by atoms with Crippen molar-refractivity contribution in [3.63, 3.8) is 0 Å². The molecule has 1 aromatic rings. The molecule has 2 unspecified atom stereocenters. The summed E-state index contributed by atoms with van der Waals surface area (Å²) in [5.74, 6) is -2.49. The van der Waals surface area contributed by atoms with Crippen molar-refractivity contribution in [1.29, 1.82) is 0 Å². The van der Waals surface area contributed by atoms with Gasteiger partial charge in [-0.2, -0.15) is 0 Å². The minimum Gasteiger partial charge on any atom is -0.313 e. The molecular weight excluding hydrogens is 222 g/mol. The number of alkyl halides is 2. The minimum absolute atomic E-state index is 0.00130. The summed E-state index contributed by atoms with van der Waals surface area (Å²) in [5.41, 5.74) is 2.07. The van der Waals surface area contributed by atoms with E-state index in [9.17, 15) is 8.78 Å². The summed E-state index contributed by atoms with van der Waals surface area (Å²) in [6, 6.07) is 2.00. The average molecular weight is 240 g/mol. The first kappa shape index (κ1) is 12.4. The highest BCUT2D eigenvalue weighted by Gasteiger charge is 2.42. The number of hydrogen-bond donors (Lipinski definition) is 1. The molecule has 1 N–H and O–H groups in total. The first-order chi connectivity index (χ1) is 8.02. The molecule has 0 aromatic carbocycles. The van der Waals surface area contributed by atoms with Crippen LogP contribution in [0.25, 0.3) is 0 Å². The number of hydrogen-bond acceptors (Lipinski definition) is 2. The Morgan fingerprint density at radius 3 is 2.76 bits per heavy atom. The van der Waals surface area contributed by atoms with Crippen LogP contribution in [0.15, 0.2) is 18.5 Å². The fraction of sp³-hybridized carbons (Fsp3) is 0.615. The molecule has 2 rings (SSSR count). The van der Waals surface area contributed by atoms with Crippen LogP contribution in [0, 0.1) is 12.8 Å². The Morgan fingerprint density at radius 2 is 2.24 bits per heavy atom. The van der Waals surface area contributed by atoms with Gasteiger partial charge in [0.05, 0.1) is 0 Å². The van der Waals surface area contributed by atoms with Crippen LogP contribution in [0.4, 0.5) is 8.78 Å². The molecule has 94 valence electrons. The van der Waals surface area contributed by atoms with Crippen molar-refractivity contribution in [3.05, 3.63) is 29.6 Å². The number of halogens is 2. The third kappa shape index (κ3) is 2.80. The van der Waals surface area contributed by atoms with Gasteiger partial charge in [0.1, 0.15) is 0 Å². The molecule has 0 aliphatic heterocycles. The molecule has 0 bridgehead atoms. The Kier molecular flexibility index (Phi) is 3.43. The van der Waals surface area contributed by atoms with Crippen LogP contribution in [0.5, 0.6) is 0 Å². The summed E-state index contributed by atoms with van der Waals surface area (Å²) in [5, 5.41) is 3.15. The Bertz CT molecular complexity index is 393. The zero-order valence-corrected chi connectivity index (χ0v) is 10.2. The van der Waals surface area contributed by atoms with E-state index in [1.54, 1.807) is 12.4 Å². The van der Waals surface area contributed by atoms with E-state index >= 15 is 0 Å². The van der Waals surface area contributed by atoms with Crippen molar-refractivity contribution < 1.29 is 8.78 Å². The van der Waals surface area contributed by atoms with Crippen LogP contribution in [0.2, 0.25) is 0 Å². The highest BCUT2D eigenvalue weighted by atomic mass is 19.3. The van der Waals surface area contributed by atoms with Crippen molar-refractivity contribution in [2.45, 2.75) is 38.2 Å². The van der Waals surface area contributed by atoms with Crippen LogP contribution in [-0.2, 0) is 0 Å². The van der Waals surface area contributed by atoms with E-state index in [1.165, 1.54) is 0 Å². The van der Waals surface area contributed by atoms with E-state index < -0.39 is 5.92 Å². The molecule has 1 aromatic heterocycles. The Hall–Kier alpha value is -1.03. The van der Waals surface area contributed by atoms with Gasteiger partial charge in [0, 0.05) is 31.3 Å². The summed E-state index contributed by atoms with van der Waals surface area (Å²) in [4.78, 5) is 4.13. The first-order valence-electron chi connectivity index (χ1n) is 5.98. The van der Waals surface area contributed by atoms with Gasteiger partial charge in [0.2, 0.25) is 5.92 Å². The summed E-state index contributed by atoms with van der Waals surface area (Å²) >= 11 is 0. The maximum atomic E-state index is 13.2. The van der Waals surface area contributed by atoms with E-state index in [4.69, 9.17) is 0 Å². The molecule has 2 atom stereocenters. The van der Waals surface area contributed by atoms with Gasteiger partial charge in [-0.05, 0) is 37.4 Å². The monoisotopic (exact) mass is 240 g/mol. The molecule has 2 nitrogen and oxygen atoms in total. The van der Waals surface area contributed by atoms with E-state index in [0.717, 1.165) is 11.1 Å². The largest absolute Gasteiger partial charge is 0.313 e. The SMILES string of the molecule is CNC(c1cncc(C)c1)C1CCC(F)(F)C1. The van der Waals surface area contributed by atoms with Crippen molar-refractivity contribution in [3.8, 4) is 0 Å². The highest BCUT2D eigenvalue weighted by Crippen LogP contribution is 2.44. The van der Waals surface area contributed by atoms with Crippen molar-refractivity contribution in [1.82, 2.24) is 10.3 Å². The van der Waals surface area contributed by atoms with Crippen LogP contribution < -0.4 is 5.32 Å². The molecule has 17 heavy (non-hydrogen) atoms. The number of nitrogens with one attached hydrogen (secondary N) is 1. The minimum atomic E-state index is -2.49. The lowest BCUT2D eigenvalue weighted by Gasteiger charge is -2.23. The second-order valence-corrected chi connectivity index (χ2v) is 4.92. The zero-order chi connectivity index (χ0) is 12.5. The van der Waals surface area contributed by atoms with Gasteiger partial charge in [-0.15, -0.1) is 0 Å².